The van der Waals surface area contributed by atoms with Gasteiger partial charge in [0.2, 0.25) is 5.89 Å². The molecule has 80 valence electrons. The maximum atomic E-state index is 12.9. The van der Waals surface area contributed by atoms with E-state index in [-0.39, 0.29) is 11.2 Å². The first-order valence-electron chi connectivity index (χ1n) is 4.79. The maximum Gasteiger partial charge on any atom is 0.202 e. The smallest absolute Gasteiger partial charge is 0.202 e. The minimum atomic E-state index is -0.324. The van der Waals surface area contributed by atoms with Gasteiger partial charge in [0.15, 0.2) is 5.58 Å². The first kappa shape index (κ1) is 10.1. The first-order valence-corrected chi connectivity index (χ1v) is 4.79. The number of oxazole rings is 1. The molecule has 0 spiro atoms. The Morgan fingerprint density at radius 3 is 2.87 bits per heavy atom. The highest BCUT2D eigenvalue weighted by Gasteiger charge is 2.25. The Labute approximate surface area is 87.1 Å². The van der Waals surface area contributed by atoms with E-state index < -0.39 is 0 Å². The van der Waals surface area contributed by atoms with Gasteiger partial charge >= 0.3 is 0 Å². The summed E-state index contributed by atoms with van der Waals surface area (Å²) >= 11 is 0. The van der Waals surface area contributed by atoms with Gasteiger partial charge in [-0.05, 0) is 26.0 Å². The molecule has 0 aliphatic rings. The molecule has 1 aromatic carbocycles. The highest BCUT2D eigenvalue weighted by Crippen LogP contribution is 2.25. The van der Waals surface area contributed by atoms with Gasteiger partial charge in [0.1, 0.15) is 11.3 Å². The van der Waals surface area contributed by atoms with Crippen molar-refractivity contribution in [1.82, 2.24) is 4.98 Å². The number of halogens is 1. The lowest BCUT2D eigenvalue weighted by Crippen LogP contribution is -2.28. The molecule has 0 amide bonds. The second-order valence-electron chi connectivity index (χ2n) is 4.22. The summed E-state index contributed by atoms with van der Waals surface area (Å²) in [6.45, 7) is 4.31. The number of hydrogen-bond acceptors (Lipinski definition) is 3. The molecule has 1 aromatic heterocycles. The van der Waals surface area contributed by atoms with Crippen LogP contribution in [0.25, 0.3) is 11.1 Å². The molecule has 0 atom stereocenters. The van der Waals surface area contributed by atoms with Crippen LogP contribution in [0.2, 0.25) is 0 Å². The average molecular weight is 208 g/mol. The molecular formula is C11H13FN2O. The molecule has 0 bridgehead atoms. The molecule has 4 heteroatoms. The van der Waals surface area contributed by atoms with Crippen LogP contribution in [0.1, 0.15) is 19.7 Å². The zero-order valence-corrected chi connectivity index (χ0v) is 8.75. The van der Waals surface area contributed by atoms with Gasteiger partial charge in [0.25, 0.3) is 0 Å². The first-order chi connectivity index (χ1) is 7.03. The lowest BCUT2D eigenvalue weighted by atomic mass is 9.94. The molecule has 15 heavy (non-hydrogen) atoms. The van der Waals surface area contributed by atoms with Crippen LogP contribution in [0, 0.1) is 5.82 Å². The van der Waals surface area contributed by atoms with Gasteiger partial charge in [-0.25, -0.2) is 9.37 Å². The van der Waals surface area contributed by atoms with E-state index in [1.807, 2.05) is 13.8 Å². The number of rotatable bonds is 2. The molecule has 3 nitrogen and oxygen atoms in total. The predicted molar refractivity (Wildman–Crippen MR) is 56.0 cm³/mol. The van der Waals surface area contributed by atoms with E-state index >= 15 is 0 Å². The standard InChI is InChI=1S/C11H13FN2O/c1-11(2,6-13)10-14-8-5-7(12)3-4-9(8)15-10/h3-5H,6,13H2,1-2H3. The van der Waals surface area contributed by atoms with E-state index in [4.69, 9.17) is 10.2 Å². The number of benzene rings is 1. The van der Waals surface area contributed by atoms with Crippen molar-refractivity contribution in [3.63, 3.8) is 0 Å². The SMILES string of the molecule is CC(C)(CN)c1nc2cc(F)ccc2o1. The third kappa shape index (κ3) is 1.72. The number of nitrogens with zero attached hydrogens (tertiary/aromatic N) is 1. The second kappa shape index (κ2) is 3.31. The summed E-state index contributed by atoms with van der Waals surface area (Å²) < 4.78 is 18.4. The fourth-order valence-electron chi connectivity index (χ4n) is 1.28. The molecule has 0 saturated heterocycles. The molecule has 0 aliphatic heterocycles. The molecule has 0 saturated carbocycles. The minimum absolute atomic E-state index is 0.312. The molecule has 0 aliphatic carbocycles. The van der Waals surface area contributed by atoms with E-state index in [1.54, 1.807) is 6.07 Å². The van der Waals surface area contributed by atoms with Gasteiger partial charge in [-0.3, -0.25) is 0 Å². The van der Waals surface area contributed by atoms with Crippen molar-refractivity contribution >= 4 is 11.1 Å². The van der Waals surface area contributed by atoms with Gasteiger partial charge in [0, 0.05) is 12.6 Å². The van der Waals surface area contributed by atoms with Crippen molar-refractivity contribution < 1.29 is 8.81 Å². The molecular weight excluding hydrogens is 195 g/mol. The van der Waals surface area contributed by atoms with Crippen LogP contribution < -0.4 is 5.73 Å². The quantitative estimate of drug-likeness (QED) is 0.823. The average Bonchev–Trinajstić information content (AvgIpc) is 2.61. The van der Waals surface area contributed by atoms with E-state index in [0.29, 0.717) is 23.5 Å². The largest absolute Gasteiger partial charge is 0.440 e. The van der Waals surface area contributed by atoms with Gasteiger partial charge in [0.05, 0.1) is 5.41 Å². The maximum absolute atomic E-state index is 12.9. The Balaban J connectivity index is 2.56. The van der Waals surface area contributed by atoms with Crippen molar-refractivity contribution in [2.45, 2.75) is 19.3 Å². The summed E-state index contributed by atoms with van der Waals surface area (Å²) in [4.78, 5) is 4.23. The topological polar surface area (TPSA) is 52.0 Å². The van der Waals surface area contributed by atoms with Crippen molar-refractivity contribution in [2.24, 2.45) is 5.73 Å². The van der Waals surface area contributed by atoms with Crippen LogP contribution in [0.3, 0.4) is 0 Å². The van der Waals surface area contributed by atoms with Crippen molar-refractivity contribution in [3.05, 3.63) is 29.9 Å². The van der Waals surface area contributed by atoms with Crippen molar-refractivity contribution in [2.75, 3.05) is 6.54 Å². The Kier molecular flexibility index (Phi) is 2.23. The number of aromatic nitrogens is 1. The van der Waals surface area contributed by atoms with Crippen LogP contribution in [0.5, 0.6) is 0 Å². The zero-order chi connectivity index (χ0) is 11.1. The van der Waals surface area contributed by atoms with E-state index in [0.717, 1.165) is 0 Å². The Hall–Kier alpha value is -1.42. The number of fused-ring (bicyclic) bond motifs is 1. The summed E-state index contributed by atoms with van der Waals surface area (Å²) in [6.07, 6.45) is 0. The van der Waals surface area contributed by atoms with E-state index in [9.17, 15) is 4.39 Å². The minimum Gasteiger partial charge on any atom is -0.440 e. The van der Waals surface area contributed by atoms with E-state index in [2.05, 4.69) is 4.98 Å². The molecule has 0 fully saturated rings. The summed E-state index contributed by atoms with van der Waals surface area (Å²) in [6, 6.07) is 4.29. The highest BCUT2D eigenvalue weighted by molar-refractivity contribution is 5.72. The monoisotopic (exact) mass is 208 g/mol. The Bertz CT molecular complexity index is 490. The van der Waals surface area contributed by atoms with Gasteiger partial charge in [-0.15, -0.1) is 0 Å². The van der Waals surface area contributed by atoms with Crippen LogP contribution in [0.4, 0.5) is 4.39 Å². The van der Waals surface area contributed by atoms with Gasteiger partial charge in [-0.1, -0.05) is 0 Å². The fourth-order valence-corrected chi connectivity index (χ4v) is 1.28. The number of nitrogens with two attached hydrogens (primary N) is 1. The van der Waals surface area contributed by atoms with E-state index in [1.165, 1.54) is 12.1 Å². The van der Waals surface area contributed by atoms with Crippen molar-refractivity contribution in [3.8, 4) is 0 Å². The third-order valence-electron chi connectivity index (χ3n) is 2.44. The number of hydrogen-bond donors (Lipinski definition) is 1. The van der Waals surface area contributed by atoms with Gasteiger partial charge < -0.3 is 10.2 Å². The zero-order valence-electron chi connectivity index (χ0n) is 8.75. The van der Waals surface area contributed by atoms with Crippen LogP contribution >= 0.6 is 0 Å². The molecule has 0 unspecified atom stereocenters. The van der Waals surface area contributed by atoms with Crippen LogP contribution in [-0.4, -0.2) is 11.5 Å². The summed E-state index contributed by atoms with van der Waals surface area (Å²) in [7, 11) is 0. The van der Waals surface area contributed by atoms with Crippen LogP contribution in [0.15, 0.2) is 22.6 Å². The lowest BCUT2D eigenvalue weighted by molar-refractivity contribution is 0.391. The predicted octanol–water partition coefficient (Wildman–Crippen LogP) is 2.20. The summed E-state index contributed by atoms with van der Waals surface area (Å²) in [5, 5.41) is 0. The van der Waals surface area contributed by atoms with Gasteiger partial charge in [-0.2, -0.15) is 0 Å². The van der Waals surface area contributed by atoms with Crippen LogP contribution in [-0.2, 0) is 5.41 Å². The molecule has 2 aromatic rings. The fraction of sp³-hybridized carbons (Fsp3) is 0.364. The lowest BCUT2D eigenvalue weighted by Gasteiger charge is -2.16. The summed E-state index contributed by atoms with van der Waals surface area (Å²) in [5.74, 6) is 0.235. The summed E-state index contributed by atoms with van der Waals surface area (Å²) in [5.41, 5.74) is 6.42. The molecule has 2 N–H and O–H groups in total. The normalized spacial score (nSPS) is 12.3. The molecule has 1 heterocycles. The molecule has 2 rings (SSSR count). The van der Waals surface area contributed by atoms with Crippen molar-refractivity contribution in [1.29, 1.82) is 0 Å². The molecule has 0 radical (unpaired) electrons. The third-order valence-corrected chi connectivity index (χ3v) is 2.44. The second-order valence-corrected chi connectivity index (χ2v) is 4.22. The highest BCUT2D eigenvalue weighted by atomic mass is 19.1. The Morgan fingerprint density at radius 2 is 2.20 bits per heavy atom. The Morgan fingerprint density at radius 1 is 1.47 bits per heavy atom.